The molecule has 0 saturated carbocycles. The van der Waals surface area contributed by atoms with Crippen LogP contribution in [-0.4, -0.2) is 30.9 Å². The first-order valence-corrected chi connectivity index (χ1v) is 6.38. The zero-order valence-electron chi connectivity index (χ0n) is 11.5. The first-order valence-electron chi connectivity index (χ1n) is 6.38. The molecule has 0 spiro atoms. The molecule has 0 saturated heterocycles. The van der Waals surface area contributed by atoms with Crippen LogP contribution < -0.4 is 5.32 Å². The van der Waals surface area contributed by atoms with Gasteiger partial charge < -0.3 is 10.2 Å². The molecule has 0 bridgehead atoms. The second kappa shape index (κ2) is 7.19. The Morgan fingerprint density at radius 1 is 1.37 bits per heavy atom. The number of hydrogen-bond acceptors (Lipinski definition) is 2. The average molecular weight is 270 g/mol. The number of benzene rings is 1. The summed E-state index contributed by atoms with van der Waals surface area (Å²) in [6, 6.07) is 3.40. The number of carbonyl (C=O) groups excluding carboxylic acids is 1. The Morgan fingerprint density at radius 3 is 2.63 bits per heavy atom. The molecule has 19 heavy (non-hydrogen) atoms. The topological polar surface area (TPSA) is 32.3 Å². The van der Waals surface area contributed by atoms with Gasteiger partial charge >= 0.3 is 0 Å². The van der Waals surface area contributed by atoms with Gasteiger partial charge in [-0.1, -0.05) is 13.0 Å². The summed E-state index contributed by atoms with van der Waals surface area (Å²) in [5, 5.41) is 3.02. The van der Waals surface area contributed by atoms with Crippen molar-refractivity contribution in [2.24, 2.45) is 0 Å². The molecule has 3 nitrogen and oxygen atoms in total. The fourth-order valence-electron chi connectivity index (χ4n) is 1.71. The molecule has 1 aromatic carbocycles. The minimum absolute atomic E-state index is 0.0781. The molecule has 0 aliphatic rings. The van der Waals surface area contributed by atoms with Crippen LogP contribution in [0.2, 0.25) is 0 Å². The van der Waals surface area contributed by atoms with E-state index < -0.39 is 11.6 Å². The van der Waals surface area contributed by atoms with Gasteiger partial charge in [0.05, 0.1) is 12.6 Å². The average Bonchev–Trinajstić information content (AvgIpc) is 2.40. The van der Waals surface area contributed by atoms with E-state index in [0.29, 0.717) is 5.56 Å². The van der Waals surface area contributed by atoms with E-state index in [1.54, 1.807) is 14.0 Å². The van der Waals surface area contributed by atoms with Gasteiger partial charge in [-0.05, 0) is 37.6 Å². The summed E-state index contributed by atoms with van der Waals surface area (Å²) in [7, 11) is 1.65. The number of carbonyl (C=O) groups is 1. The lowest BCUT2D eigenvalue weighted by Crippen LogP contribution is -2.37. The standard InChI is InChI=1S/C14H20F2N2O/c1-4-7-17-9-14(19)18(3)10(2)11-5-6-12(15)13(16)8-11/h5-6,8,10,17H,4,7,9H2,1-3H3. The van der Waals surface area contributed by atoms with Crippen LogP contribution in [0.4, 0.5) is 8.78 Å². The van der Waals surface area contributed by atoms with Crippen LogP contribution in [0.1, 0.15) is 31.9 Å². The van der Waals surface area contributed by atoms with E-state index in [-0.39, 0.29) is 18.5 Å². The highest BCUT2D eigenvalue weighted by Gasteiger charge is 2.18. The molecular weight excluding hydrogens is 250 g/mol. The zero-order chi connectivity index (χ0) is 14.4. The molecule has 1 amide bonds. The summed E-state index contributed by atoms with van der Waals surface area (Å²) in [4.78, 5) is 13.4. The molecule has 0 aliphatic carbocycles. The molecule has 0 aromatic heterocycles. The van der Waals surface area contributed by atoms with Gasteiger partial charge in [0, 0.05) is 7.05 Å². The summed E-state index contributed by atoms with van der Waals surface area (Å²) in [6.07, 6.45) is 0.954. The number of nitrogens with zero attached hydrogens (tertiary/aromatic N) is 1. The van der Waals surface area contributed by atoms with Crippen LogP contribution in [0.25, 0.3) is 0 Å². The molecule has 1 aromatic rings. The van der Waals surface area contributed by atoms with Crippen LogP contribution in [-0.2, 0) is 4.79 Å². The molecule has 1 N–H and O–H groups in total. The molecule has 5 heteroatoms. The Balaban J connectivity index is 2.67. The van der Waals surface area contributed by atoms with Gasteiger partial charge in [0.1, 0.15) is 0 Å². The van der Waals surface area contributed by atoms with Crippen LogP contribution in [0.3, 0.4) is 0 Å². The van der Waals surface area contributed by atoms with Gasteiger partial charge in [0.25, 0.3) is 0 Å². The van der Waals surface area contributed by atoms with Crippen LogP contribution in [0.15, 0.2) is 18.2 Å². The molecule has 0 heterocycles. The second-order valence-corrected chi connectivity index (χ2v) is 4.53. The Hall–Kier alpha value is -1.49. The summed E-state index contributed by atoms with van der Waals surface area (Å²) >= 11 is 0. The van der Waals surface area contributed by atoms with Crippen molar-refractivity contribution >= 4 is 5.91 Å². The molecule has 0 radical (unpaired) electrons. The Kier molecular flexibility index (Phi) is 5.89. The lowest BCUT2D eigenvalue weighted by molar-refractivity contribution is -0.130. The highest BCUT2D eigenvalue weighted by Crippen LogP contribution is 2.20. The minimum atomic E-state index is -0.894. The highest BCUT2D eigenvalue weighted by molar-refractivity contribution is 5.78. The summed E-state index contributed by atoms with van der Waals surface area (Å²) in [5.74, 6) is -1.85. The van der Waals surface area contributed by atoms with E-state index in [0.717, 1.165) is 25.1 Å². The smallest absolute Gasteiger partial charge is 0.236 e. The van der Waals surface area contributed by atoms with Crippen molar-refractivity contribution in [3.63, 3.8) is 0 Å². The number of hydrogen-bond donors (Lipinski definition) is 1. The van der Waals surface area contributed by atoms with Gasteiger partial charge in [0.2, 0.25) is 5.91 Å². The van der Waals surface area contributed by atoms with Crippen LogP contribution in [0.5, 0.6) is 0 Å². The molecule has 106 valence electrons. The third-order valence-corrected chi connectivity index (χ3v) is 3.10. The van der Waals surface area contributed by atoms with Crippen molar-refractivity contribution in [3.8, 4) is 0 Å². The third kappa shape index (κ3) is 4.28. The van der Waals surface area contributed by atoms with E-state index in [1.807, 2.05) is 6.92 Å². The molecule has 0 fully saturated rings. The summed E-state index contributed by atoms with van der Waals surface area (Å²) in [6.45, 7) is 4.83. The fraction of sp³-hybridized carbons (Fsp3) is 0.500. The van der Waals surface area contributed by atoms with Crippen molar-refractivity contribution in [1.29, 1.82) is 0 Å². The number of halogens is 2. The van der Waals surface area contributed by atoms with Crippen LogP contribution >= 0.6 is 0 Å². The Bertz CT molecular complexity index is 437. The van der Waals surface area contributed by atoms with Gasteiger partial charge in [0.15, 0.2) is 11.6 Å². The fourth-order valence-corrected chi connectivity index (χ4v) is 1.71. The number of likely N-dealkylation sites (N-methyl/N-ethyl adjacent to an activating group) is 1. The SMILES string of the molecule is CCCNCC(=O)N(C)C(C)c1ccc(F)c(F)c1. The molecule has 0 aliphatic heterocycles. The maximum atomic E-state index is 13.2. The van der Waals surface area contributed by atoms with Gasteiger partial charge in [-0.25, -0.2) is 8.78 Å². The van der Waals surface area contributed by atoms with Gasteiger partial charge in [-0.15, -0.1) is 0 Å². The molecule has 1 rings (SSSR count). The van der Waals surface area contributed by atoms with Crippen molar-refractivity contribution in [2.75, 3.05) is 20.1 Å². The first kappa shape index (κ1) is 15.6. The Morgan fingerprint density at radius 2 is 2.05 bits per heavy atom. The largest absolute Gasteiger partial charge is 0.338 e. The van der Waals surface area contributed by atoms with E-state index in [9.17, 15) is 13.6 Å². The normalized spacial score (nSPS) is 12.3. The van der Waals surface area contributed by atoms with E-state index in [1.165, 1.54) is 11.0 Å². The number of nitrogens with one attached hydrogen (secondary N) is 1. The van der Waals surface area contributed by atoms with Crippen molar-refractivity contribution in [1.82, 2.24) is 10.2 Å². The number of rotatable bonds is 6. The van der Waals surface area contributed by atoms with Gasteiger partial charge in [-0.2, -0.15) is 0 Å². The quantitative estimate of drug-likeness (QED) is 0.805. The van der Waals surface area contributed by atoms with Crippen molar-refractivity contribution in [3.05, 3.63) is 35.4 Å². The second-order valence-electron chi connectivity index (χ2n) is 4.53. The predicted octanol–water partition coefficient (Wildman–Crippen LogP) is 2.48. The summed E-state index contributed by atoms with van der Waals surface area (Å²) < 4.78 is 26.0. The third-order valence-electron chi connectivity index (χ3n) is 3.10. The molecule has 1 unspecified atom stereocenters. The first-order chi connectivity index (χ1) is 8.97. The van der Waals surface area contributed by atoms with E-state index >= 15 is 0 Å². The minimum Gasteiger partial charge on any atom is -0.338 e. The molecular formula is C14H20F2N2O. The van der Waals surface area contributed by atoms with Crippen LogP contribution in [0, 0.1) is 11.6 Å². The lowest BCUT2D eigenvalue weighted by atomic mass is 10.1. The summed E-state index contributed by atoms with van der Waals surface area (Å²) in [5.41, 5.74) is 0.574. The monoisotopic (exact) mass is 270 g/mol. The van der Waals surface area contributed by atoms with Crippen molar-refractivity contribution < 1.29 is 13.6 Å². The Labute approximate surface area is 112 Å². The zero-order valence-corrected chi connectivity index (χ0v) is 11.5. The maximum Gasteiger partial charge on any atom is 0.236 e. The van der Waals surface area contributed by atoms with Gasteiger partial charge in [-0.3, -0.25) is 4.79 Å². The highest BCUT2D eigenvalue weighted by atomic mass is 19.2. The molecule has 1 atom stereocenters. The van der Waals surface area contributed by atoms with E-state index in [4.69, 9.17) is 0 Å². The van der Waals surface area contributed by atoms with Crippen molar-refractivity contribution in [2.45, 2.75) is 26.3 Å². The maximum absolute atomic E-state index is 13.2. The predicted molar refractivity (Wildman–Crippen MR) is 70.7 cm³/mol. The van der Waals surface area contributed by atoms with E-state index in [2.05, 4.69) is 5.32 Å². The lowest BCUT2D eigenvalue weighted by Gasteiger charge is -2.25. The number of amides is 1.